The summed E-state index contributed by atoms with van der Waals surface area (Å²) in [5.74, 6) is -0.483. The van der Waals surface area contributed by atoms with Gasteiger partial charge in [0.1, 0.15) is 5.60 Å². The van der Waals surface area contributed by atoms with Crippen molar-refractivity contribution in [2.45, 2.75) is 18.0 Å². The van der Waals surface area contributed by atoms with Crippen LogP contribution in [0.3, 0.4) is 0 Å². The summed E-state index contributed by atoms with van der Waals surface area (Å²) in [7, 11) is 0. The number of aryl methyl sites for hydroxylation is 1. The second-order valence-electron chi connectivity index (χ2n) is 4.83. The summed E-state index contributed by atoms with van der Waals surface area (Å²) in [5.41, 5.74) is -4.16. The molecule has 2 aromatic carbocycles. The smallest absolute Gasteiger partial charge is 0.380 e. The van der Waals surface area contributed by atoms with Crippen molar-refractivity contribution in [1.29, 1.82) is 0 Å². The Balaban J connectivity index is 2.41. The fourth-order valence-corrected chi connectivity index (χ4v) is 2.77. The van der Waals surface area contributed by atoms with Crippen molar-refractivity contribution in [2.75, 3.05) is 5.75 Å². The predicted molar refractivity (Wildman–Crippen MR) is 79.1 cm³/mol. The molecule has 0 saturated heterocycles. The van der Waals surface area contributed by atoms with Crippen molar-refractivity contribution in [3.63, 3.8) is 0 Å². The Hall–Kier alpha value is -1.46. The van der Waals surface area contributed by atoms with Gasteiger partial charge >= 0.3 is 5.51 Å². The van der Waals surface area contributed by atoms with E-state index in [1.54, 1.807) is 54.6 Å². The van der Waals surface area contributed by atoms with Gasteiger partial charge in [-0.3, -0.25) is 0 Å². The highest BCUT2D eigenvalue weighted by Gasteiger charge is 2.38. The number of halogens is 3. The van der Waals surface area contributed by atoms with Crippen LogP contribution in [0.25, 0.3) is 0 Å². The molecule has 1 atom stereocenters. The second-order valence-corrected chi connectivity index (χ2v) is 5.87. The number of aliphatic hydroxyl groups is 1. The van der Waals surface area contributed by atoms with E-state index < -0.39 is 16.9 Å². The molecule has 0 spiro atoms. The third kappa shape index (κ3) is 4.02. The Labute approximate surface area is 125 Å². The van der Waals surface area contributed by atoms with Gasteiger partial charge in [-0.2, -0.15) is 13.2 Å². The monoisotopic (exact) mass is 312 g/mol. The molecule has 0 aliphatic carbocycles. The van der Waals surface area contributed by atoms with Crippen LogP contribution in [0.1, 0.15) is 16.7 Å². The summed E-state index contributed by atoms with van der Waals surface area (Å²) < 4.78 is 37.6. The number of rotatable bonds is 4. The van der Waals surface area contributed by atoms with Crippen molar-refractivity contribution < 1.29 is 18.3 Å². The molecule has 0 fully saturated rings. The molecule has 21 heavy (non-hydrogen) atoms. The Morgan fingerprint density at radius 1 is 0.905 bits per heavy atom. The van der Waals surface area contributed by atoms with Crippen LogP contribution < -0.4 is 0 Å². The lowest BCUT2D eigenvalue weighted by Crippen LogP contribution is -2.31. The van der Waals surface area contributed by atoms with Gasteiger partial charge in [-0.05, 0) is 29.8 Å². The molecular formula is C16H15F3OS. The summed E-state index contributed by atoms with van der Waals surface area (Å²) >= 11 is -0.216. The average Bonchev–Trinajstić information content (AvgIpc) is 2.46. The number of hydrogen-bond acceptors (Lipinski definition) is 2. The van der Waals surface area contributed by atoms with Gasteiger partial charge in [0.25, 0.3) is 0 Å². The third-order valence-corrected chi connectivity index (χ3v) is 4.11. The van der Waals surface area contributed by atoms with Gasteiger partial charge in [0.05, 0.1) is 0 Å². The van der Waals surface area contributed by atoms with Crippen molar-refractivity contribution >= 4 is 11.8 Å². The Kier molecular flexibility index (Phi) is 4.64. The lowest BCUT2D eigenvalue weighted by molar-refractivity contribution is -0.0341. The van der Waals surface area contributed by atoms with Crippen LogP contribution in [0.2, 0.25) is 0 Å². The average molecular weight is 312 g/mol. The van der Waals surface area contributed by atoms with Crippen molar-refractivity contribution in [2.24, 2.45) is 0 Å². The van der Waals surface area contributed by atoms with Crippen LogP contribution >= 0.6 is 11.8 Å². The topological polar surface area (TPSA) is 20.2 Å². The minimum Gasteiger partial charge on any atom is -0.380 e. The van der Waals surface area contributed by atoms with E-state index in [9.17, 15) is 18.3 Å². The van der Waals surface area contributed by atoms with Crippen LogP contribution in [0.4, 0.5) is 13.2 Å². The first-order valence-electron chi connectivity index (χ1n) is 6.37. The molecule has 0 amide bonds. The zero-order valence-corrected chi connectivity index (χ0v) is 12.2. The molecule has 1 nitrogen and oxygen atoms in total. The van der Waals surface area contributed by atoms with Crippen molar-refractivity contribution in [3.8, 4) is 0 Å². The molecule has 1 unspecified atom stereocenters. The van der Waals surface area contributed by atoms with Crippen LogP contribution in [0.15, 0.2) is 54.6 Å². The van der Waals surface area contributed by atoms with E-state index in [-0.39, 0.29) is 11.8 Å². The molecule has 2 aromatic rings. The number of thioether (sulfide) groups is 1. The van der Waals surface area contributed by atoms with Gasteiger partial charge in [-0.15, -0.1) is 0 Å². The normalized spacial score (nSPS) is 14.7. The SMILES string of the molecule is Cc1ccc(C(O)(CSC(F)(F)F)c2ccccc2)cc1. The van der Waals surface area contributed by atoms with Gasteiger partial charge in [0.2, 0.25) is 0 Å². The summed E-state index contributed by atoms with van der Waals surface area (Å²) in [5, 5.41) is 10.9. The third-order valence-electron chi connectivity index (χ3n) is 3.23. The van der Waals surface area contributed by atoms with Crippen LogP contribution in [-0.2, 0) is 5.60 Å². The number of alkyl halides is 3. The van der Waals surface area contributed by atoms with Gasteiger partial charge in [0.15, 0.2) is 0 Å². The van der Waals surface area contributed by atoms with Crippen LogP contribution in [0.5, 0.6) is 0 Å². The second kappa shape index (κ2) is 6.12. The first kappa shape index (κ1) is 15.9. The molecule has 0 aliphatic heterocycles. The molecule has 1 N–H and O–H groups in total. The first-order valence-corrected chi connectivity index (χ1v) is 7.35. The van der Waals surface area contributed by atoms with Crippen LogP contribution in [-0.4, -0.2) is 16.4 Å². The van der Waals surface area contributed by atoms with E-state index in [1.807, 2.05) is 6.92 Å². The van der Waals surface area contributed by atoms with Gasteiger partial charge < -0.3 is 5.11 Å². The standard InChI is InChI=1S/C16H15F3OS/c1-12-7-9-14(10-8-12)15(20,11-21-16(17,18)19)13-5-3-2-4-6-13/h2-10,20H,11H2,1H3. The van der Waals surface area contributed by atoms with E-state index in [0.717, 1.165) is 5.56 Å². The molecule has 112 valence electrons. The molecule has 5 heteroatoms. The minimum atomic E-state index is -4.38. The maximum Gasteiger partial charge on any atom is 0.441 e. The summed E-state index contributed by atoms with van der Waals surface area (Å²) in [6.45, 7) is 1.88. The lowest BCUT2D eigenvalue weighted by atomic mass is 9.88. The summed E-state index contributed by atoms with van der Waals surface area (Å²) in [4.78, 5) is 0. The molecular weight excluding hydrogens is 297 g/mol. The highest BCUT2D eigenvalue weighted by molar-refractivity contribution is 8.00. The fourth-order valence-electron chi connectivity index (χ4n) is 2.06. The Bertz CT molecular complexity index is 581. The zero-order chi connectivity index (χ0) is 15.5. The molecule has 0 radical (unpaired) electrons. The zero-order valence-electron chi connectivity index (χ0n) is 11.4. The quantitative estimate of drug-likeness (QED) is 0.898. The van der Waals surface area contributed by atoms with E-state index in [1.165, 1.54) is 0 Å². The Morgan fingerprint density at radius 3 is 1.95 bits per heavy atom. The molecule has 0 saturated carbocycles. The molecule has 0 bridgehead atoms. The molecule has 0 aliphatic rings. The summed E-state index contributed by atoms with van der Waals surface area (Å²) in [6, 6.07) is 15.3. The fraction of sp³-hybridized carbons (Fsp3) is 0.250. The van der Waals surface area contributed by atoms with Gasteiger partial charge in [-0.25, -0.2) is 0 Å². The van der Waals surface area contributed by atoms with Gasteiger partial charge in [-0.1, -0.05) is 60.2 Å². The molecule has 0 aromatic heterocycles. The first-order chi connectivity index (χ1) is 9.81. The van der Waals surface area contributed by atoms with E-state index in [0.29, 0.717) is 11.1 Å². The largest absolute Gasteiger partial charge is 0.441 e. The maximum atomic E-state index is 12.5. The van der Waals surface area contributed by atoms with E-state index in [2.05, 4.69) is 0 Å². The lowest BCUT2D eigenvalue weighted by Gasteiger charge is -2.29. The number of hydrogen-bond donors (Lipinski definition) is 1. The van der Waals surface area contributed by atoms with Crippen molar-refractivity contribution in [1.82, 2.24) is 0 Å². The van der Waals surface area contributed by atoms with Crippen molar-refractivity contribution in [3.05, 3.63) is 71.3 Å². The Morgan fingerprint density at radius 2 is 1.43 bits per heavy atom. The van der Waals surface area contributed by atoms with Crippen LogP contribution in [0, 0.1) is 6.92 Å². The summed E-state index contributed by atoms with van der Waals surface area (Å²) in [6.07, 6.45) is 0. The molecule has 2 rings (SSSR count). The van der Waals surface area contributed by atoms with Gasteiger partial charge in [0, 0.05) is 5.75 Å². The van der Waals surface area contributed by atoms with E-state index in [4.69, 9.17) is 0 Å². The number of benzene rings is 2. The minimum absolute atomic E-state index is 0.216. The van der Waals surface area contributed by atoms with E-state index >= 15 is 0 Å². The maximum absolute atomic E-state index is 12.5. The highest BCUT2D eigenvalue weighted by atomic mass is 32.2. The highest BCUT2D eigenvalue weighted by Crippen LogP contribution is 2.39. The predicted octanol–water partition coefficient (Wildman–Crippen LogP) is 4.48. The molecule has 0 heterocycles.